The molecule has 0 bridgehead atoms. The Labute approximate surface area is 113 Å². The molecule has 2 N–H and O–H groups in total. The highest BCUT2D eigenvalue weighted by Gasteiger charge is 2.15. The summed E-state index contributed by atoms with van der Waals surface area (Å²) in [6, 6.07) is 8.90. The van der Waals surface area contributed by atoms with Crippen molar-refractivity contribution in [3.63, 3.8) is 0 Å². The highest BCUT2D eigenvalue weighted by atomic mass is 35.5. The first-order valence-corrected chi connectivity index (χ1v) is 5.97. The summed E-state index contributed by atoms with van der Waals surface area (Å²) >= 11 is 0. The van der Waals surface area contributed by atoms with Gasteiger partial charge in [-0.3, -0.25) is 0 Å². The Hall–Kier alpha value is -1.32. The van der Waals surface area contributed by atoms with E-state index in [2.05, 4.69) is 29.6 Å². The second-order valence-corrected chi connectivity index (χ2v) is 4.34. The summed E-state index contributed by atoms with van der Waals surface area (Å²) in [6.07, 6.45) is 5.98. The molecule has 1 aliphatic rings. The summed E-state index contributed by atoms with van der Waals surface area (Å²) in [6.45, 7) is 1.10. The summed E-state index contributed by atoms with van der Waals surface area (Å²) in [7, 11) is 0. The summed E-state index contributed by atoms with van der Waals surface area (Å²) in [5.74, 6) is -0.892. The number of aliphatic carboxylic acids is 1. The summed E-state index contributed by atoms with van der Waals surface area (Å²) in [5, 5.41) is 11.9. The van der Waals surface area contributed by atoms with Gasteiger partial charge in [0.15, 0.2) is 0 Å². The van der Waals surface area contributed by atoms with Gasteiger partial charge in [-0.25, -0.2) is 4.79 Å². The Morgan fingerprint density at radius 3 is 2.67 bits per heavy atom. The van der Waals surface area contributed by atoms with Crippen LogP contribution in [-0.2, 0) is 11.2 Å². The van der Waals surface area contributed by atoms with Gasteiger partial charge in [-0.1, -0.05) is 30.3 Å². The van der Waals surface area contributed by atoms with Gasteiger partial charge >= 0.3 is 5.97 Å². The van der Waals surface area contributed by atoms with Crippen LogP contribution in [0.5, 0.6) is 0 Å². The second-order valence-electron chi connectivity index (χ2n) is 4.34. The molecule has 98 valence electrons. The smallest absolute Gasteiger partial charge is 0.327 e. The van der Waals surface area contributed by atoms with Crippen molar-refractivity contribution in [2.75, 3.05) is 6.54 Å². The predicted molar refractivity (Wildman–Crippen MR) is 74.1 cm³/mol. The molecule has 1 saturated heterocycles. The maximum Gasteiger partial charge on any atom is 0.327 e. The van der Waals surface area contributed by atoms with E-state index in [0.717, 1.165) is 12.1 Å². The largest absolute Gasteiger partial charge is 0.478 e. The van der Waals surface area contributed by atoms with Crippen LogP contribution in [0.3, 0.4) is 0 Å². The quantitative estimate of drug-likeness (QED) is 0.825. The monoisotopic (exact) mass is 267 g/mol. The van der Waals surface area contributed by atoms with Gasteiger partial charge in [-0.05, 0) is 36.9 Å². The Morgan fingerprint density at radius 1 is 1.39 bits per heavy atom. The fraction of sp³-hybridized carbons (Fsp3) is 0.357. The van der Waals surface area contributed by atoms with E-state index in [-0.39, 0.29) is 12.4 Å². The van der Waals surface area contributed by atoms with Crippen molar-refractivity contribution in [2.24, 2.45) is 0 Å². The van der Waals surface area contributed by atoms with E-state index < -0.39 is 5.97 Å². The number of carboxylic acids is 1. The Morgan fingerprint density at radius 2 is 2.11 bits per heavy atom. The molecule has 0 aliphatic carbocycles. The molecule has 1 aromatic rings. The molecule has 1 heterocycles. The lowest BCUT2D eigenvalue weighted by atomic mass is 10.0. The molecule has 0 aromatic heterocycles. The molecule has 2 rings (SSSR count). The average Bonchev–Trinajstić information content (AvgIpc) is 2.83. The number of nitrogens with one attached hydrogen (secondary N) is 1. The fourth-order valence-corrected chi connectivity index (χ4v) is 2.15. The van der Waals surface area contributed by atoms with Crippen molar-refractivity contribution >= 4 is 18.4 Å². The minimum atomic E-state index is -0.892. The van der Waals surface area contributed by atoms with Crippen molar-refractivity contribution in [3.8, 4) is 0 Å². The molecular weight excluding hydrogens is 250 g/mol. The molecule has 1 unspecified atom stereocenters. The zero-order chi connectivity index (χ0) is 12.1. The molecule has 4 heteroatoms. The molecule has 0 amide bonds. The van der Waals surface area contributed by atoms with Crippen LogP contribution in [0.4, 0.5) is 0 Å². The number of carboxylic acid groups (broad SMARTS) is 1. The Kier molecular flexibility index (Phi) is 5.89. The van der Waals surface area contributed by atoms with Gasteiger partial charge in [0.25, 0.3) is 0 Å². The number of benzene rings is 1. The zero-order valence-corrected chi connectivity index (χ0v) is 11.0. The molecule has 0 spiro atoms. The van der Waals surface area contributed by atoms with E-state index >= 15 is 0 Å². The lowest BCUT2D eigenvalue weighted by Gasteiger charge is -2.10. The van der Waals surface area contributed by atoms with Crippen LogP contribution in [0.1, 0.15) is 30.0 Å². The number of halogens is 1. The van der Waals surface area contributed by atoms with E-state index in [1.165, 1.54) is 24.5 Å². The average molecular weight is 268 g/mol. The number of allylic oxidation sites excluding steroid dienone is 1. The highest BCUT2D eigenvalue weighted by molar-refractivity contribution is 5.85. The zero-order valence-electron chi connectivity index (χ0n) is 10.1. The van der Waals surface area contributed by atoms with E-state index in [0.29, 0.717) is 12.5 Å². The molecule has 1 fully saturated rings. The number of rotatable bonds is 4. The molecule has 1 atom stereocenters. The van der Waals surface area contributed by atoms with Crippen LogP contribution in [0.25, 0.3) is 0 Å². The first kappa shape index (κ1) is 14.7. The maximum absolute atomic E-state index is 10.3. The summed E-state index contributed by atoms with van der Waals surface area (Å²) in [5.41, 5.74) is 2.47. The van der Waals surface area contributed by atoms with Crippen LogP contribution in [0, 0.1) is 0 Å². The molecule has 1 aliphatic heterocycles. The summed E-state index contributed by atoms with van der Waals surface area (Å²) < 4.78 is 0. The molecule has 3 nitrogen and oxygen atoms in total. The third kappa shape index (κ3) is 4.17. The number of hydrogen-bond donors (Lipinski definition) is 2. The van der Waals surface area contributed by atoms with Crippen molar-refractivity contribution in [2.45, 2.75) is 25.3 Å². The maximum atomic E-state index is 10.3. The van der Waals surface area contributed by atoms with Gasteiger partial charge in [-0.2, -0.15) is 0 Å². The minimum Gasteiger partial charge on any atom is -0.478 e. The van der Waals surface area contributed by atoms with E-state index in [1.54, 1.807) is 6.08 Å². The van der Waals surface area contributed by atoms with Gasteiger partial charge < -0.3 is 10.4 Å². The first-order chi connectivity index (χ1) is 8.25. The predicted octanol–water partition coefficient (Wildman–Crippen LogP) is 2.72. The van der Waals surface area contributed by atoms with Gasteiger partial charge in [0.05, 0.1) is 0 Å². The molecule has 18 heavy (non-hydrogen) atoms. The lowest BCUT2D eigenvalue weighted by Crippen LogP contribution is -2.12. The normalized spacial score (nSPS) is 18.8. The van der Waals surface area contributed by atoms with E-state index in [4.69, 9.17) is 5.11 Å². The van der Waals surface area contributed by atoms with Crippen LogP contribution in [0.2, 0.25) is 0 Å². The van der Waals surface area contributed by atoms with Gasteiger partial charge in [-0.15, -0.1) is 12.4 Å². The van der Waals surface area contributed by atoms with Crippen molar-refractivity contribution < 1.29 is 9.90 Å². The fourth-order valence-electron chi connectivity index (χ4n) is 2.15. The third-order valence-electron chi connectivity index (χ3n) is 3.06. The number of hydrogen-bond acceptors (Lipinski definition) is 2. The molecule has 1 aromatic carbocycles. The third-order valence-corrected chi connectivity index (χ3v) is 3.06. The standard InChI is InChI=1S/C14H17NO2.ClH/c16-14(17)5-1-3-11-6-8-12(9-7-11)13-4-2-10-15-13;/h1,5-9,13,15H,2-4,10H2,(H,16,17);1H/b5-1+;. The lowest BCUT2D eigenvalue weighted by molar-refractivity contribution is -0.131. The minimum absolute atomic E-state index is 0. The molecule has 0 radical (unpaired) electrons. The van der Waals surface area contributed by atoms with Crippen molar-refractivity contribution in [3.05, 3.63) is 47.5 Å². The molecular formula is C14H18ClNO2. The number of carbonyl (C=O) groups is 1. The van der Waals surface area contributed by atoms with E-state index in [1.807, 2.05) is 0 Å². The van der Waals surface area contributed by atoms with Gasteiger partial charge in [0.1, 0.15) is 0 Å². The van der Waals surface area contributed by atoms with Crippen LogP contribution in [0.15, 0.2) is 36.4 Å². The van der Waals surface area contributed by atoms with Crippen LogP contribution in [-0.4, -0.2) is 17.6 Å². The summed E-state index contributed by atoms with van der Waals surface area (Å²) in [4.78, 5) is 10.3. The topological polar surface area (TPSA) is 49.3 Å². The van der Waals surface area contributed by atoms with Gasteiger partial charge in [0.2, 0.25) is 0 Å². The van der Waals surface area contributed by atoms with Gasteiger partial charge in [0, 0.05) is 12.1 Å². The second kappa shape index (κ2) is 7.19. The molecule has 0 saturated carbocycles. The SMILES string of the molecule is Cl.O=C(O)/C=C/Cc1ccc(C2CCCN2)cc1. The van der Waals surface area contributed by atoms with E-state index in [9.17, 15) is 4.79 Å². The highest BCUT2D eigenvalue weighted by Crippen LogP contribution is 2.23. The Balaban J connectivity index is 0.00000162. The van der Waals surface area contributed by atoms with Crippen LogP contribution >= 0.6 is 12.4 Å². The first-order valence-electron chi connectivity index (χ1n) is 5.97. The van der Waals surface area contributed by atoms with Crippen molar-refractivity contribution in [1.82, 2.24) is 5.32 Å². The van der Waals surface area contributed by atoms with Crippen molar-refractivity contribution in [1.29, 1.82) is 0 Å². The Bertz CT molecular complexity index is 408. The van der Waals surface area contributed by atoms with Crippen LogP contribution < -0.4 is 5.32 Å².